The van der Waals surface area contributed by atoms with E-state index in [1.165, 1.54) is 6.07 Å². The van der Waals surface area contributed by atoms with Crippen LogP contribution in [0.4, 0.5) is 0 Å². The predicted octanol–water partition coefficient (Wildman–Crippen LogP) is 3.40. The Bertz CT molecular complexity index is 518. The lowest BCUT2D eigenvalue weighted by Crippen LogP contribution is -1.98. The number of hydrogen-bond donors (Lipinski definition) is 0. The normalized spacial score (nSPS) is 8.76. The molecule has 0 radical (unpaired) electrons. The molecule has 0 N–H and O–H groups in total. The first-order valence-electron chi connectivity index (χ1n) is 6.73. The van der Waals surface area contributed by atoms with Crippen molar-refractivity contribution >= 4 is 12.1 Å². The lowest BCUT2D eigenvalue weighted by Gasteiger charge is -1.93. The second-order valence-corrected chi connectivity index (χ2v) is 3.51. The number of carbonyl (C=O) groups is 2. The minimum Gasteiger partial charge on any atom is -0.385 e. The van der Waals surface area contributed by atoms with E-state index in [0.717, 1.165) is 6.61 Å². The summed E-state index contributed by atoms with van der Waals surface area (Å²) in [4.78, 5) is 22.1. The van der Waals surface area contributed by atoms with Gasteiger partial charge in [-0.2, -0.15) is 0 Å². The molecule has 5 heteroatoms. The van der Waals surface area contributed by atoms with E-state index in [4.69, 9.17) is 4.52 Å². The van der Waals surface area contributed by atoms with Crippen LogP contribution in [-0.2, 0) is 4.74 Å². The second-order valence-electron chi connectivity index (χ2n) is 3.51. The molecule has 21 heavy (non-hydrogen) atoms. The Balaban J connectivity index is 0.000000579. The smallest absolute Gasteiger partial charge is 0.231 e. The molecule has 2 rings (SSSR count). The van der Waals surface area contributed by atoms with Crippen molar-refractivity contribution in [2.75, 3.05) is 13.7 Å². The Morgan fingerprint density at radius 2 is 1.86 bits per heavy atom. The third kappa shape index (κ3) is 6.63. The summed E-state index contributed by atoms with van der Waals surface area (Å²) < 4.78 is 9.28. The van der Waals surface area contributed by atoms with Crippen LogP contribution in [0.5, 0.6) is 0 Å². The summed E-state index contributed by atoms with van der Waals surface area (Å²) in [6.07, 6.45) is 0.533. The van der Waals surface area contributed by atoms with Gasteiger partial charge in [0, 0.05) is 25.3 Å². The standard InChI is InChI=1S/C11H7NO3.C3H8O.C2H6/c13-7-9-6-10(15-12-9)11(14)8-4-2-1-3-5-8;1-3-4-2;1-2/h1-7H;3H2,1-2H3;1-2H3. The highest BCUT2D eigenvalue weighted by Gasteiger charge is 2.14. The maximum atomic E-state index is 11.7. The fourth-order valence-electron chi connectivity index (χ4n) is 1.18. The third-order valence-electron chi connectivity index (χ3n) is 2.20. The summed E-state index contributed by atoms with van der Waals surface area (Å²) in [7, 11) is 1.68. The first-order valence-corrected chi connectivity index (χ1v) is 6.73. The number of methoxy groups -OCH3 is 1. The molecule has 0 unspecified atom stereocenters. The van der Waals surface area contributed by atoms with E-state index in [1.54, 1.807) is 31.4 Å². The van der Waals surface area contributed by atoms with Crippen molar-refractivity contribution < 1.29 is 18.8 Å². The van der Waals surface area contributed by atoms with E-state index in [9.17, 15) is 9.59 Å². The number of rotatable bonds is 4. The molecule has 0 amide bonds. The number of ether oxygens (including phenoxy) is 1. The first-order chi connectivity index (χ1) is 10.2. The van der Waals surface area contributed by atoms with Crippen LogP contribution in [0.25, 0.3) is 0 Å². The quantitative estimate of drug-likeness (QED) is 0.638. The monoisotopic (exact) mass is 291 g/mol. The van der Waals surface area contributed by atoms with Gasteiger partial charge in [0.15, 0.2) is 6.29 Å². The van der Waals surface area contributed by atoms with E-state index in [2.05, 4.69) is 9.89 Å². The molecule has 0 bridgehead atoms. The van der Waals surface area contributed by atoms with E-state index < -0.39 is 0 Å². The van der Waals surface area contributed by atoms with Crippen LogP contribution in [0, 0.1) is 0 Å². The van der Waals surface area contributed by atoms with Gasteiger partial charge in [-0.15, -0.1) is 0 Å². The Kier molecular flexibility index (Phi) is 10.3. The SMILES string of the molecule is CC.CCOC.O=Cc1cc(C(=O)c2ccccc2)on1. The lowest BCUT2D eigenvalue weighted by molar-refractivity contribution is 0.0998. The zero-order valence-electron chi connectivity index (χ0n) is 12.8. The highest BCUT2D eigenvalue weighted by molar-refractivity contribution is 6.07. The average molecular weight is 291 g/mol. The van der Waals surface area contributed by atoms with Crippen LogP contribution in [-0.4, -0.2) is 30.9 Å². The fraction of sp³-hybridized carbons (Fsp3) is 0.312. The van der Waals surface area contributed by atoms with Gasteiger partial charge in [0.25, 0.3) is 0 Å². The predicted molar refractivity (Wildman–Crippen MR) is 80.7 cm³/mol. The van der Waals surface area contributed by atoms with Gasteiger partial charge in [-0.1, -0.05) is 49.3 Å². The van der Waals surface area contributed by atoms with E-state index >= 15 is 0 Å². The molecule has 0 aliphatic carbocycles. The molecule has 1 aromatic carbocycles. The van der Waals surface area contributed by atoms with Crippen molar-refractivity contribution in [1.29, 1.82) is 0 Å². The fourth-order valence-corrected chi connectivity index (χ4v) is 1.18. The van der Waals surface area contributed by atoms with Crippen molar-refractivity contribution in [3.63, 3.8) is 0 Å². The van der Waals surface area contributed by atoms with Gasteiger partial charge in [0.1, 0.15) is 5.69 Å². The Labute approximate surface area is 124 Å². The Hall–Kier alpha value is -2.27. The first kappa shape index (κ1) is 18.7. The molecule has 5 nitrogen and oxygen atoms in total. The van der Waals surface area contributed by atoms with Gasteiger partial charge in [0.05, 0.1) is 0 Å². The third-order valence-corrected chi connectivity index (χ3v) is 2.20. The summed E-state index contributed by atoms with van der Waals surface area (Å²) in [6.45, 7) is 6.78. The average Bonchev–Trinajstić information content (AvgIpc) is 3.06. The minimum atomic E-state index is -0.281. The van der Waals surface area contributed by atoms with Crippen LogP contribution in [0.15, 0.2) is 40.9 Å². The summed E-state index contributed by atoms with van der Waals surface area (Å²) >= 11 is 0. The molecule has 0 saturated heterocycles. The van der Waals surface area contributed by atoms with Gasteiger partial charge in [0.2, 0.25) is 11.5 Å². The molecule has 0 aliphatic heterocycles. The molecule has 1 heterocycles. The summed E-state index contributed by atoms with van der Waals surface area (Å²) in [5.41, 5.74) is 0.625. The molecule has 0 aliphatic rings. The summed E-state index contributed by atoms with van der Waals surface area (Å²) in [5.74, 6) is -0.209. The summed E-state index contributed by atoms with van der Waals surface area (Å²) in [6, 6.07) is 9.99. The van der Waals surface area contributed by atoms with Gasteiger partial charge < -0.3 is 9.26 Å². The van der Waals surface area contributed by atoms with Crippen molar-refractivity contribution in [1.82, 2.24) is 5.16 Å². The maximum absolute atomic E-state index is 11.7. The second kappa shape index (κ2) is 11.5. The number of carbonyl (C=O) groups excluding carboxylic acids is 2. The Morgan fingerprint density at radius 3 is 2.29 bits per heavy atom. The largest absolute Gasteiger partial charge is 0.385 e. The Morgan fingerprint density at radius 1 is 1.29 bits per heavy atom. The van der Waals surface area contributed by atoms with Gasteiger partial charge in [-0.25, -0.2) is 0 Å². The molecule has 0 atom stereocenters. The van der Waals surface area contributed by atoms with Crippen molar-refractivity contribution in [2.24, 2.45) is 0 Å². The van der Waals surface area contributed by atoms with Gasteiger partial charge >= 0.3 is 0 Å². The number of aldehydes is 1. The molecular formula is C16H21NO4. The van der Waals surface area contributed by atoms with Crippen molar-refractivity contribution in [3.05, 3.63) is 53.4 Å². The number of nitrogens with zero attached hydrogens (tertiary/aromatic N) is 1. The molecule has 2 aromatic rings. The molecule has 114 valence electrons. The molecule has 0 spiro atoms. The molecule has 0 fully saturated rings. The number of benzene rings is 1. The van der Waals surface area contributed by atoms with Crippen molar-refractivity contribution in [3.8, 4) is 0 Å². The molecule has 1 aromatic heterocycles. The highest BCUT2D eigenvalue weighted by atomic mass is 16.5. The number of ketones is 1. The van der Waals surface area contributed by atoms with Crippen LogP contribution in [0.1, 0.15) is 47.4 Å². The summed E-state index contributed by atoms with van der Waals surface area (Å²) in [5, 5.41) is 3.42. The maximum Gasteiger partial charge on any atom is 0.231 e. The molecule has 0 saturated carbocycles. The van der Waals surface area contributed by atoms with Crippen LogP contribution in [0.2, 0.25) is 0 Å². The lowest BCUT2D eigenvalue weighted by atomic mass is 10.1. The van der Waals surface area contributed by atoms with Crippen LogP contribution >= 0.6 is 0 Å². The minimum absolute atomic E-state index is 0.0725. The van der Waals surface area contributed by atoms with E-state index in [1.807, 2.05) is 26.8 Å². The number of hydrogen-bond acceptors (Lipinski definition) is 5. The van der Waals surface area contributed by atoms with Gasteiger partial charge in [-0.3, -0.25) is 9.59 Å². The van der Waals surface area contributed by atoms with E-state index in [0.29, 0.717) is 11.8 Å². The zero-order chi connectivity index (χ0) is 16.1. The van der Waals surface area contributed by atoms with Crippen LogP contribution in [0.3, 0.4) is 0 Å². The molecular weight excluding hydrogens is 270 g/mol. The zero-order valence-corrected chi connectivity index (χ0v) is 12.8. The van der Waals surface area contributed by atoms with Crippen molar-refractivity contribution in [2.45, 2.75) is 20.8 Å². The highest BCUT2D eigenvalue weighted by Crippen LogP contribution is 2.09. The number of aromatic nitrogens is 1. The topological polar surface area (TPSA) is 69.4 Å². The van der Waals surface area contributed by atoms with Crippen LogP contribution < -0.4 is 0 Å². The van der Waals surface area contributed by atoms with Gasteiger partial charge in [-0.05, 0) is 6.92 Å². The van der Waals surface area contributed by atoms with E-state index in [-0.39, 0.29) is 17.2 Å².